The minimum Gasteiger partial charge on any atom is -0.508 e. The van der Waals surface area contributed by atoms with Crippen LogP contribution in [0, 0.1) is 17.8 Å². The van der Waals surface area contributed by atoms with Crippen molar-refractivity contribution in [3.63, 3.8) is 0 Å². The smallest absolute Gasteiger partial charge is 0.234 e. The average molecular weight is 345 g/mol. The van der Waals surface area contributed by atoms with Gasteiger partial charge < -0.3 is 20.3 Å². The van der Waals surface area contributed by atoms with E-state index in [0.29, 0.717) is 11.3 Å². The molecule has 0 saturated carbocycles. The van der Waals surface area contributed by atoms with Crippen LogP contribution in [-0.2, 0) is 9.59 Å². The molecule has 6 nitrogen and oxygen atoms in total. The summed E-state index contributed by atoms with van der Waals surface area (Å²) in [6.07, 6.45) is 0.520. The number of aliphatic hydroxyl groups excluding tert-OH is 1. The number of allylic oxidation sites excluding steroid dienone is 1. The van der Waals surface area contributed by atoms with Gasteiger partial charge in [0.2, 0.25) is 5.91 Å². The third kappa shape index (κ3) is 2.91. The van der Waals surface area contributed by atoms with E-state index in [-0.39, 0.29) is 23.1 Å². The lowest BCUT2D eigenvalue weighted by Crippen LogP contribution is -2.36. The van der Waals surface area contributed by atoms with E-state index in [1.807, 2.05) is 13.8 Å². The normalized spacial score (nSPS) is 32.2. The summed E-state index contributed by atoms with van der Waals surface area (Å²) in [5.41, 5.74) is 1.52. The van der Waals surface area contributed by atoms with Crippen molar-refractivity contribution in [3.05, 3.63) is 29.3 Å². The summed E-state index contributed by atoms with van der Waals surface area (Å²) < 4.78 is 6.10. The van der Waals surface area contributed by atoms with E-state index >= 15 is 0 Å². The number of phenolic OH excluding ortho intramolecular Hbond substituents is 1. The number of carbonyl (C=O) groups excluding carboxylic acids is 2. The Bertz CT molecular complexity index is 769. The topological polar surface area (TPSA) is 95.9 Å². The maximum Gasteiger partial charge on any atom is 0.234 e. The van der Waals surface area contributed by atoms with Gasteiger partial charge in [-0.25, -0.2) is 0 Å². The van der Waals surface area contributed by atoms with Gasteiger partial charge in [-0.05, 0) is 25.5 Å². The SMILES string of the molecule is CC1=CC(C)C(=O)C(C)C(=O)Nc2cc(O)cc3c2OC1C(C)C3O. The van der Waals surface area contributed by atoms with Gasteiger partial charge in [-0.3, -0.25) is 9.59 Å². The van der Waals surface area contributed by atoms with E-state index in [0.717, 1.165) is 5.57 Å². The average Bonchev–Trinajstić information content (AvgIpc) is 2.56. The number of aromatic hydroxyl groups is 1. The molecule has 3 rings (SSSR count). The van der Waals surface area contributed by atoms with E-state index in [1.165, 1.54) is 12.1 Å². The quantitative estimate of drug-likeness (QED) is 0.496. The van der Waals surface area contributed by atoms with Gasteiger partial charge in [0.05, 0.1) is 17.7 Å². The van der Waals surface area contributed by atoms with Crippen LogP contribution in [0.3, 0.4) is 0 Å². The zero-order valence-electron chi connectivity index (χ0n) is 14.7. The third-order valence-electron chi connectivity index (χ3n) is 5.13. The molecule has 0 aromatic heterocycles. The molecule has 0 spiro atoms. The fourth-order valence-corrected chi connectivity index (χ4v) is 3.61. The molecule has 1 aromatic rings. The van der Waals surface area contributed by atoms with Gasteiger partial charge in [0.25, 0.3) is 0 Å². The van der Waals surface area contributed by atoms with E-state index in [2.05, 4.69) is 5.32 Å². The van der Waals surface area contributed by atoms with Crippen LogP contribution in [0.1, 0.15) is 39.4 Å². The summed E-state index contributed by atoms with van der Waals surface area (Å²) in [5, 5.41) is 23.3. The molecule has 0 aliphatic carbocycles. The maximum atomic E-state index is 12.5. The zero-order chi connectivity index (χ0) is 18.5. The molecule has 2 bridgehead atoms. The number of ketones is 1. The number of aliphatic hydroxyl groups is 1. The maximum absolute atomic E-state index is 12.5. The van der Waals surface area contributed by atoms with Crippen LogP contribution in [0.25, 0.3) is 0 Å². The molecule has 0 fully saturated rings. The Morgan fingerprint density at radius 3 is 2.52 bits per heavy atom. The number of nitrogens with one attached hydrogen (secondary N) is 1. The second-order valence-corrected chi connectivity index (χ2v) is 7.07. The summed E-state index contributed by atoms with van der Waals surface area (Å²) in [7, 11) is 0. The Labute approximate surface area is 146 Å². The van der Waals surface area contributed by atoms with Gasteiger partial charge in [0.15, 0.2) is 5.78 Å². The molecule has 1 aromatic carbocycles. The van der Waals surface area contributed by atoms with Crippen molar-refractivity contribution >= 4 is 17.4 Å². The van der Waals surface area contributed by atoms with E-state index in [1.54, 1.807) is 19.9 Å². The number of fused-ring (bicyclic) bond motifs is 1. The Morgan fingerprint density at radius 1 is 1.16 bits per heavy atom. The van der Waals surface area contributed by atoms with Crippen molar-refractivity contribution in [2.24, 2.45) is 17.8 Å². The Morgan fingerprint density at radius 2 is 1.84 bits per heavy atom. The van der Waals surface area contributed by atoms with Crippen LogP contribution in [0.15, 0.2) is 23.8 Å². The number of phenols is 1. The van der Waals surface area contributed by atoms with Crippen molar-refractivity contribution in [1.82, 2.24) is 0 Å². The van der Waals surface area contributed by atoms with E-state index in [9.17, 15) is 19.8 Å². The second-order valence-electron chi connectivity index (χ2n) is 7.07. The second kappa shape index (κ2) is 6.19. The highest BCUT2D eigenvalue weighted by molar-refractivity contribution is 6.08. The van der Waals surface area contributed by atoms with Crippen molar-refractivity contribution in [1.29, 1.82) is 0 Å². The highest BCUT2D eigenvalue weighted by atomic mass is 16.5. The first kappa shape index (κ1) is 17.5. The molecule has 2 aliphatic heterocycles. The van der Waals surface area contributed by atoms with Gasteiger partial charge >= 0.3 is 0 Å². The van der Waals surface area contributed by atoms with Gasteiger partial charge in [-0.2, -0.15) is 0 Å². The predicted octanol–water partition coefficient (Wildman–Crippen LogP) is 2.56. The first-order valence-electron chi connectivity index (χ1n) is 8.45. The number of anilines is 1. The Balaban J connectivity index is 2.21. The molecule has 25 heavy (non-hydrogen) atoms. The Hall–Kier alpha value is -2.34. The highest BCUT2D eigenvalue weighted by Gasteiger charge is 2.38. The fraction of sp³-hybridized carbons (Fsp3) is 0.474. The Kier molecular flexibility index (Phi) is 4.33. The summed E-state index contributed by atoms with van der Waals surface area (Å²) in [5.74, 6) is -1.95. The third-order valence-corrected chi connectivity index (χ3v) is 5.13. The van der Waals surface area contributed by atoms with Gasteiger partial charge in [-0.1, -0.05) is 19.9 Å². The molecule has 5 unspecified atom stereocenters. The standard InChI is InChI=1S/C19H23NO5/c1-8-5-9(2)17-10(3)16(23)13-6-12(21)7-14(18(13)25-17)20-19(24)11(4)15(8)22/h5-8,10-11,16-17,21,23H,1-4H3,(H,20,24). The van der Waals surface area contributed by atoms with Crippen LogP contribution in [0.4, 0.5) is 5.69 Å². The monoisotopic (exact) mass is 345 g/mol. The van der Waals surface area contributed by atoms with Crippen LogP contribution in [0.2, 0.25) is 0 Å². The number of carbonyl (C=O) groups is 2. The number of rotatable bonds is 0. The molecule has 2 heterocycles. The summed E-state index contributed by atoms with van der Waals surface area (Å²) in [6.45, 7) is 7.03. The van der Waals surface area contributed by atoms with Crippen LogP contribution < -0.4 is 10.1 Å². The van der Waals surface area contributed by atoms with Crippen molar-refractivity contribution in [2.75, 3.05) is 5.32 Å². The summed E-state index contributed by atoms with van der Waals surface area (Å²) in [4.78, 5) is 25.0. The van der Waals surface area contributed by atoms with Crippen LogP contribution in [0.5, 0.6) is 11.5 Å². The molecular weight excluding hydrogens is 322 g/mol. The van der Waals surface area contributed by atoms with Gasteiger partial charge in [-0.15, -0.1) is 0 Å². The molecule has 1 amide bonds. The lowest BCUT2D eigenvalue weighted by molar-refractivity contribution is -0.131. The minimum absolute atomic E-state index is 0.0863. The number of hydrogen-bond donors (Lipinski definition) is 3. The highest BCUT2D eigenvalue weighted by Crippen LogP contribution is 2.46. The number of hydrogen-bond acceptors (Lipinski definition) is 5. The molecule has 134 valence electrons. The first-order valence-corrected chi connectivity index (χ1v) is 8.45. The van der Waals surface area contributed by atoms with Crippen LogP contribution >= 0.6 is 0 Å². The largest absolute Gasteiger partial charge is 0.508 e. The lowest BCUT2D eigenvalue weighted by atomic mass is 9.84. The van der Waals surface area contributed by atoms with Gasteiger partial charge in [0, 0.05) is 23.5 Å². The number of ether oxygens (including phenoxy) is 1. The number of Topliss-reactive ketones (excluding diaryl/α,β-unsaturated/α-hetero) is 1. The number of amides is 1. The molecular formula is C19H23NO5. The van der Waals surface area contributed by atoms with Crippen LogP contribution in [-0.4, -0.2) is 28.0 Å². The number of benzene rings is 1. The van der Waals surface area contributed by atoms with Crippen molar-refractivity contribution in [2.45, 2.75) is 39.9 Å². The molecule has 2 aliphatic rings. The molecule has 5 atom stereocenters. The van der Waals surface area contributed by atoms with Crippen molar-refractivity contribution in [3.8, 4) is 11.5 Å². The van der Waals surface area contributed by atoms with Gasteiger partial charge in [0.1, 0.15) is 17.6 Å². The lowest BCUT2D eigenvalue weighted by Gasteiger charge is -2.37. The predicted molar refractivity (Wildman–Crippen MR) is 92.4 cm³/mol. The van der Waals surface area contributed by atoms with E-state index < -0.39 is 30.0 Å². The molecule has 3 N–H and O–H groups in total. The summed E-state index contributed by atoms with van der Waals surface area (Å²) >= 11 is 0. The molecule has 0 radical (unpaired) electrons. The molecule has 0 saturated heterocycles. The van der Waals surface area contributed by atoms with Crippen molar-refractivity contribution < 1.29 is 24.5 Å². The summed E-state index contributed by atoms with van der Waals surface area (Å²) in [6, 6.07) is 2.81. The first-order chi connectivity index (χ1) is 11.7. The molecule has 6 heteroatoms. The zero-order valence-corrected chi connectivity index (χ0v) is 14.7. The fourth-order valence-electron chi connectivity index (χ4n) is 3.61. The van der Waals surface area contributed by atoms with E-state index in [4.69, 9.17) is 4.74 Å². The minimum atomic E-state index is -0.857.